The van der Waals surface area contributed by atoms with Crippen molar-refractivity contribution in [3.8, 4) is 0 Å². The summed E-state index contributed by atoms with van der Waals surface area (Å²) in [6, 6.07) is 10.1. The van der Waals surface area contributed by atoms with E-state index in [0.717, 1.165) is 64.1 Å². The molecule has 0 saturated carbocycles. The molecule has 1 atom stereocenters. The van der Waals surface area contributed by atoms with E-state index in [1.807, 2.05) is 41.8 Å². The Labute approximate surface area is 168 Å². The van der Waals surface area contributed by atoms with Crippen LogP contribution in [0.5, 0.6) is 0 Å². The van der Waals surface area contributed by atoms with Crippen LogP contribution < -0.4 is 5.32 Å². The number of hydrogen-bond acceptors (Lipinski definition) is 4. The highest BCUT2D eigenvalue weighted by molar-refractivity contribution is 5.92. The number of benzene rings is 1. The Hall–Kier alpha value is -3.15. The van der Waals surface area contributed by atoms with Crippen LogP contribution in [0, 0.1) is 13.8 Å². The number of hydrogen-bond donors (Lipinski definition) is 1. The molecule has 5 rings (SSSR count). The maximum absolute atomic E-state index is 12.7. The van der Waals surface area contributed by atoms with Gasteiger partial charge in [0.25, 0.3) is 0 Å². The van der Waals surface area contributed by atoms with Gasteiger partial charge in [0, 0.05) is 35.2 Å². The predicted molar refractivity (Wildman–Crippen MR) is 111 cm³/mol. The Balaban J connectivity index is 1.36. The molecule has 6 heteroatoms. The van der Waals surface area contributed by atoms with E-state index < -0.39 is 0 Å². The summed E-state index contributed by atoms with van der Waals surface area (Å²) in [5.41, 5.74) is 6.04. The summed E-state index contributed by atoms with van der Waals surface area (Å²) in [5.74, 6) is 1.07. The topological polar surface area (TPSA) is 72.4 Å². The van der Waals surface area contributed by atoms with E-state index in [0.29, 0.717) is 12.8 Å². The maximum Gasteiger partial charge on any atom is 0.220 e. The Morgan fingerprint density at radius 2 is 2.14 bits per heavy atom. The molecule has 1 aromatic carbocycles. The summed E-state index contributed by atoms with van der Waals surface area (Å²) in [6.07, 6.45) is 5.75. The quantitative estimate of drug-likeness (QED) is 0.568. The van der Waals surface area contributed by atoms with E-state index in [4.69, 9.17) is 14.5 Å². The summed E-state index contributed by atoms with van der Waals surface area (Å²) in [4.78, 5) is 17.5. The molecule has 4 aromatic rings. The molecule has 29 heavy (non-hydrogen) atoms. The number of fused-ring (bicyclic) bond motifs is 4. The standard InChI is InChI=1S/C23H24N4O2/c1-14-16(15(2)27-23(24-14)18-6-3-4-7-20(18)26-27)10-11-22(28)25-19-8-5-9-21-17(19)12-13-29-21/h3-4,6-7,12-13,19H,5,8-11H2,1-2H3,(H,25,28). The van der Waals surface area contributed by atoms with Crippen molar-refractivity contribution in [2.24, 2.45) is 0 Å². The van der Waals surface area contributed by atoms with Crippen LogP contribution in [0.3, 0.4) is 0 Å². The van der Waals surface area contributed by atoms with Crippen LogP contribution in [0.1, 0.15) is 53.6 Å². The van der Waals surface area contributed by atoms with Crippen molar-refractivity contribution in [2.45, 2.75) is 52.0 Å². The van der Waals surface area contributed by atoms with E-state index in [9.17, 15) is 4.79 Å². The molecule has 3 heterocycles. The molecule has 1 N–H and O–H groups in total. The average molecular weight is 388 g/mol. The van der Waals surface area contributed by atoms with E-state index >= 15 is 0 Å². The van der Waals surface area contributed by atoms with Gasteiger partial charge in [-0.2, -0.15) is 5.10 Å². The zero-order valence-electron chi connectivity index (χ0n) is 16.7. The first-order valence-electron chi connectivity index (χ1n) is 10.2. The van der Waals surface area contributed by atoms with Gasteiger partial charge in [0.2, 0.25) is 5.91 Å². The van der Waals surface area contributed by atoms with Gasteiger partial charge in [-0.05, 0) is 56.9 Å². The number of carbonyl (C=O) groups excluding carboxylic acids is 1. The van der Waals surface area contributed by atoms with Crippen molar-refractivity contribution >= 4 is 22.5 Å². The predicted octanol–water partition coefficient (Wildman–Crippen LogP) is 4.22. The number of rotatable bonds is 4. The van der Waals surface area contributed by atoms with Crippen LogP contribution >= 0.6 is 0 Å². The molecule has 0 saturated heterocycles. The molecular formula is C23H24N4O2. The van der Waals surface area contributed by atoms with Crippen LogP contribution in [0.2, 0.25) is 0 Å². The van der Waals surface area contributed by atoms with E-state index in [1.165, 1.54) is 0 Å². The second kappa shape index (κ2) is 7.03. The first-order chi connectivity index (χ1) is 14.1. The lowest BCUT2D eigenvalue weighted by atomic mass is 9.93. The van der Waals surface area contributed by atoms with Gasteiger partial charge in [-0.3, -0.25) is 4.79 Å². The lowest BCUT2D eigenvalue weighted by Gasteiger charge is -2.22. The SMILES string of the molecule is Cc1nc2c3ccccc3nn2c(C)c1CCC(=O)NC1CCCc2occc21. The van der Waals surface area contributed by atoms with Gasteiger partial charge in [0.1, 0.15) is 5.76 Å². The highest BCUT2D eigenvalue weighted by Gasteiger charge is 2.24. The van der Waals surface area contributed by atoms with Crippen LogP contribution in [0.15, 0.2) is 41.0 Å². The minimum atomic E-state index is 0.0595. The molecule has 0 aliphatic heterocycles. The smallest absolute Gasteiger partial charge is 0.220 e. The monoisotopic (exact) mass is 388 g/mol. The lowest BCUT2D eigenvalue weighted by molar-refractivity contribution is -0.121. The molecule has 3 aromatic heterocycles. The van der Waals surface area contributed by atoms with Gasteiger partial charge in [-0.25, -0.2) is 9.50 Å². The van der Waals surface area contributed by atoms with Gasteiger partial charge in [-0.1, -0.05) is 12.1 Å². The van der Waals surface area contributed by atoms with Crippen molar-refractivity contribution in [3.63, 3.8) is 0 Å². The summed E-state index contributed by atoms with van der Waals surface area (Å²) in [5, 5.41) is 8.94. The average Bonchev–Trinajstić information content (AvgIpc) is 3.33. The van der Waals surface area contributed by atoms with Crippen LogP contribution in [0.25, 0.3) is 16.6 Å². The molecule has 0 fully saturated rings. The number of nitrogens with one attached hydrogen (secondary N) is 1. The Morgan fingerprint density at radius 3 is 3.03 bits per heavy atom. The number of furan rings is 1. The number of nitrogens with zero attached hydrogens (tertiary/aromatic N) is 3. The van der Waals surface area contributed by atoms with Gasteiger partial charge in [0.05, 0.1) is 17.8 Å². The van der Waals surface area contributed by atoms with Gasteiger partial charge >= 0.3 is 0 Å². The summed E-state index contributed by atoms with van der Waals surface area (Å²) in [7, 11) is 0. The van der Waals surface area contributed by atoms with Crippen LogP contribution in [-0.2, 0) is 17.6 Å². The van der Waals surface area contributed by atoms with Crippen molar-refractivity contribution in [2.75, 3.05) is 0 Å². The number of carbonyl (C=O) groups is 1. The zero-order valence-corrected chi connectivity index (χ0v) is 16.7. The summed E-state index contributed by atoms with van der Waals surface area (Å²) < 4.78 is 7.43. The van der Waals surface area contributed by atoms with Crippen molar-refractivity contribution in [1.82, 2.24) is 19.9 Å². The number of amides is 1. The van der Waals surface area contributed by atoms with Crippen molar-refractivity contribution in [3.05, 3.63) is 64.9 Å². The van der Waals surface area contributed by atoms with Crippen LogP contribution in [0.4, 0.5) is 0 Å². The van der Waals surface area contributed by atoms with E-state index in [-0.39, 0.29) is 11.9 Å². The molecule has 0 spiro atoms. The fourth-order valence-corrected chi connectivity index (χ4v) is 4.48. The third-order valence-electron chi connectivity index (χ3n) is 6.01. The molecule has 1 amide bonds. The Bertz CT molecular complexity index is 1220. The maximum atomic E-state index is 12.7. The second-order valence-corrected chi connectivity index (χ2v) is 7.83. The third-order valence-corrected chi connectivity index (χ3v) is 6.01. The molecule has 148 valence electrons. The molecule has 0 radical (unpaired) electrons. The highest BCUT2D eigenvalue weighted by atomic mass is 16.3. The Morgan fingerprint density at radius 1 is 1.28 bits per heavy atom. The van der Waals surface area contributed by atoms with Crippen LogP contribution in [-0.4, -0.2) is 20.5 Å². The fraction of sp³-hybridized carbons (Fsp3) is 0.348. The normalized spacial score (nSPS) is 16.3. The number of aromatic nitrogens is 3. The number of aryl methyl sites for hydroxylation is 3. The fourth-order valence-electron chi connectivity index (χ4n) is 4.48. The minimum absolute atomic E-state index is 0.0595. The van der Waals surface area contributed by atoms with Gasteiger partial charge in [-0.15, -0.1) is 0 Å². The first-order valence-corrected chi connectivity index (χ1v) is 10.2. The van der Waals surface area contributed by atoms with E-state index in [1.54, 1.807) is 6.26 Å². The van der Waals surface area contributed by atoms with Crippen molar-refractivity contribution in [1.29, 1.82) is 0 Å². The lowest BCUT2D eigenvalue weighted by Crippen LogP contribution is -2.30. The van der Waals surface area contributed by atoms with Gasteiger partial charge in [0.15, 0.2) is 5.65 Å². The Kier molecular flexibility index (Phi) is 4.34. The van der Waals surface area contributed by atoms with Gasteiger partial charge < -0.3 is 9.73 Å². The molecule has 0 bridgehead atoms. The minimum Gasteiger partial charge on any atom is -0.469 e. The third kappa shape index (κ3) is 3.09. The summed E-state index contributed by atoms with van der Waals surface area (Å²) >= 11 is 0. The second-order valence-electron chi connectivity index (χ2n) is 7.83. The van der Waals surface area contributed by atoms with Crippen molar-refractivity contribution < 1.29 is 9.21 Å². The molecular weight excluding hydrogens is 364 g/mol. The zero-order chi connectivity index (χ0) is 20.0. The highest BCUT2D eigenvalue weighted by Crippen LogP contribution is 2.30. The van der Waals surface area contributed by atoms with E-state index in [2.05, 4.69) is 12.2 Å². The largest absolute Gasteiger partial charge is 0.469 e. The molecule has 1 aliphatic carbocycles. The molecule has 1 unspecified atom stereocenters. The summed E-state index contributed by atoms with van der Waals surface area (Å²) in [6.45, 7) is 4.07. The molecule has 1 aliphatic rings. The first kappa shape index (κ1) is 17.9. The molecule has 6 nitrogen and oxygen atoms in total.